The summed E-state index contributed by atoms with van der Waals surface area (Å²) in [5.41, 5.74) is 2.19. The van der Waals surface area contributed by atoms with Gasteiger partial charge in [0.2, 0.25) is 0 Å². The van der Waals surface area contributed by atoms with Crippen LogP contribution in [0.15, 0.2) is 60.8 Å². The number of pyridine rings is 1. The summed E-state index contributed by atoms with van der Waals surface area (Å²) in [4.78, 5) is 17.4. The summed E-state index contributed by atoms with van der Waals surface area (Å²) in [5.74, 6) is 0.997. The van der Waals surface area contributed by atoms with Crippen molar-refractivity contribution in [3.63, 3.8) is 0 Å². The van der Waals surface area contributed by atoms with E-state index >= 15 is 0 Å². The first-order valence-corrected chi connectivity index (χ1v) is 8.35. The van der Waals surface area contributed by atoms with Crippen molar-refractivity contribution in [2.75, 3.05) is 0 Å². The number of ketones is 1. The highest BCUT2D eigenvalue weighted by Gasteiger charge is 2.39. The van der Waals surface area contributed by atoms with E-state index in [1.54, 1.807) is 6.20 Å². The molecule has 0 aliphatic carbocycles. The zero-order chi connectivity index (χ0) is 16.6. The Hall–Kier alpha value is -2.68. The van der Waals surface area contributed by atoms with Crippen LogP contribution in [0.25, 0.3) is 10.9 Å². The minimum absolute atomic E-state index is 0.0916. The smallest absolute Gasteiger partial charge is 0.169 e. The molecule has 0 N–H and O–H groups in total. The molecule has 0 bridgehead atoms. The molecular weight excluding hydrogens is 298 g/mol. The van der Waals surface area contributed by atoms with Gasteiger partial charge in [-0.1, -0.05) is 43.3 Å². The highest BCUT2D eigenvalue weighted by Crippen LogP contribution is 2.39. The second-order valence-electron chi connectivity index (χ2n) is 6.40. The predicted octanol–water partition coefficient (Wildman–Crippen LogP) is 4.59. The van der Waals surface area contributed by atoms with Gasteiger partial charge in [-0.3, -0.25) is 9.78 Å². The minimum Gasteiger partial charge on any atom is -0.486 e. The number of hydrogen-bond acceptors (Lipinski definition) is 3. The van der Waals surface area contributed by atoms with Gasteiger partial charge in [-0.2, -0.15) is 0 Å². The monoisotopic (exact) mass is 317 g/mol. The van der Waals surface area contributed by atoms with E-state index in [0.717, 1.165) is 29.5 Å². The van der Waals surface area contributed by atoms with Crippen molar-refractivity contribution in [1.82, 2.24) is 4.98 Å². The Bertz CT molecular complexity index is 886. The van der Waals surface area contributed by atoms with Crippen LogP contribution in [0.4, 0.5) is 0 Å². The van der Waals surface area contributed by atoms with Crippen LogP contribution in [0, 0.1) is 0 Å². The van der Waals surface area contributed by atoms with Crippen molar-refractivity contribution in [2.45, 2.75) is 31.8 Å². The molecule has 3 aromatic rings. The number of rotatable bonds is 4. The van der Waals surface area contributed by atoms with Crippen LogP contribution in [0.5, 0.6) is 5.75 Å². The van der Waals surface area contributed by atoms with Crippen LogP contribution in [0.1, 0.15) is 35.7 Å². The topological polar surface area (TPSA) is 39.2 Å². The zero-order valence-corrected chi connectivity index (χ0v) is 13.7. The van der Waals surface area contributed by atoms with E-state index in [-0.39, 0.29) is 5.78 Å². The van der Waals surface area contributed by atoms with Gasteiger partial charge >= 0.3 is 0 Å². The molecule has 120 valence electrons. The third kappa shape index (κ3) is 2.46. The van der Waals surface area contributed by atoms with E-state index in [2.05, 4.69) is 18.0 Å². The molecule has 3 heteroatoms. The Kier molecular flexibility index (Phi) is 3.57. The standard InChI is InChI=1S/C21H19NO2/c1-2-21(13-16-7-3-4-11-19(16)24-21)14-18(23)17-10-5-8-15-9-6-12-22-20(15)17/h3-12H,2,13-14H2,1H3. The quantitative estimate of drug-likeness (QED) is 0.661. The molecule has 0 fully saturated rings. The summed E-state index contributed by atoms with van der Waals surface area (Å²) >= 11 is 0. The third-order valence-corrected chi connectivity index (χ3v) is 4.87. The highest BCUT2D eigenvalue weighted by molar-refractivity contribution is 6.07. The molecule has 0 saturated carbocycles. The van der Waals surface area contributed by atoms with Crippen molar-refractivity contribution < 1.29 is 9.53 Å². The number of benzene rings is 2. The van der Waals surface area contributed by atoms with Crippen LogP contribution >= 0.6 is 0 Å². The van der Waals surface area contributed by atoms with E-state index in [4.69, 9.17) is 4.74 Å². The summed E-state index contributed by atoms with van der Waals surface area (Å²) < 4.78 is 6.21. The van der Waals surface area contributed by atoms with Gasteiger partial charge in [0, 0.05) is 23.6 Å². The summed E-state index contributed by atoms with van der Waals surface area (Å²) in [7, 11) is 0. The van der Waals surface area contributed by atoms with Gasteiger partial charge in [0.25, 0.3) is 0 Å². The van der Waals surface area contributed by atoms with Crippen molar-refractivity contribution in [1.29, 1.82) is 0 Å². The van der Waals surface area contributed by atoms with Crippen LogP contribution < -0.4 is 4.74 Å². The molecule has 1 aliphatic heterocycles. The van der Waals surface area contributed by atoms with Gasteiger partial charge < -0.3 is 4.74 Å². The second kappa shape index (κ2) is 5.75. The lowest BCUT2D eigenvalue weighted by molar-refractivity contribution is 0.0634. The van der Waals surface area contributed by atoms with E-state index in [0.29, 0.717) is 12.0 Å². The van der Waals surface area contributed by atoms with Gasteiger partial charge in [-0.25, -0.2) is 0 Å². The molecule has 1 unspecified atom stereocenters. The fourth-order valence-electron chi connectivity index (χ4n) is 3.50. The normalized spacial score (nSPS) is 19.0. The number of ether oxygens (including phenoxy) is 1. The van der Waals surface area contributed by atoms with Crippen molar-refractivity contribution in [2.24, 2.45) is 0 Å². The molecule has 4 rings (SSSR count). The molecule has 1 aromatic heterocycles. The van der Waals surface area contributed by atoms with E-state index in [1.165, 1.54) is 5.56 Å². The minimum atomic E-state index is -0.447. The average molecular weight is 317 g/mol. The van der Waals surface area contributed by atoms with E-state index in [1.807, 2.05) is 48.5 Å². The second-order valence-corrected chi connectivity index (χ2v) is 6.40. The molecule has 1 atom stereocenters. The Morgan fingerprint density at radius 2 is 1.96 bits per heavy atom. The van der Waals surface area contributed by atoms with Crippen molar-refractivity contribution in [3.8, 4) is 5.75 Å². The van der Waals surface area contributed by atoms with E-state index in [9.17, 15) is 4.79 Å². The lowest BCUT2D eigenvalue weighted by Crippen LogP contribution is -2.36. The fourth-order valence-corrected chi connectivity index (χ4v) is 3.50. The number of aromatic nitrogens is 1. The maximum atomic E-state index is 13.0. The van der Waals surface area contributed by atoms with Gasteiger partial charge in [0.15, 0.2) is 5.78 Å². The highest BCUT2D eigenvalue weighted by atomic mass is 16.5. The van der Waals surface area contributed by atoms with E-state index < -0.39 is 5.60 Å². The number of carbonyl (C=O) groups is 1. The molecule has 3 nitrogen and oxygen atoms in total. The number of hydrogen-bond donors (Lipinski definition) is 0. The summed E-state index contributed by atoms with van der Waals surface area (Å²) in [5, 5.41) is 0.990. The lowest BCUT2D eigenvalue weighted by atomic mass is 9.87. The van der Waals surface area contributed by atoms with Crippen molar-refractivity contribution >= 4 is 16.7 Å². The van der Waals surface area contributed by atoms with Gasteiger partial charge in [0.1, 0.15) is 11.4 Å². The Balaban J connectivity index is 1.66. The Labute approximate surface area is 141 Å². The third-order valence-electron chi connectivity index (χ3n) is 4.87. The molecule has 2 aromatic carbocycles. The number of para-hydroxylation sites is 2. The maximum absolute atomic E-state index is 13.0. The van der Waals surface area contributed by atoms with Crippen molar-refractivity contribution in [3.05, 3.63) is 71.9 Å². The molecule has 0 radical (unpaired) electrons. The van der Waals surface area contributed by atoms with Gasteiger partial charge in [0.05, 0.1) is 11.9 Å². The van der Waals surface area contributed by atoms with Crippen LogP contribution in [-0.4, -0.2) is 16.4 Å². The molecule has 0 spiro atoms. The first-order valence-electron chi connectivity index (χ1n) is 8.35. The first kappa shape index (κ1) is 14.9. The predicted molar refractivity (Wildman–Crippen MR) is 94.5 cm³/mol. The summed E-state index contributed by atoms with van der Waals surface area (Å²) in [6, 6.07) is 17.7. The maximum Gasteiger partial charge on any atom is 0.169 e. The average Bonchev–Trinajstić information content (AvgIpc) is 2.99. The zero-order valence-electron chi connectivity index (χ0n) is 13.7. The largest absolute Gasteiger partial charge is 0.486 e. The SMILES string of the molecule is CCC1(CC(=O)c2cccc3cccnc23)Cc2ccccc2O1. The van der Waals surface area contributed by atoms with Crippen LogP contribution in [0.2, 0.25) is 0 Å². The van der Waals surface area contributed by atoms with Gasteiger partial charge in [-0.05, 0) is 30.2 Å². The van der Waals surface area contributed by atoms with Crippen LogP contribution in [-0.2, 0) is 6.42 Å². The summed E-state index contributed by atoms with van der Waals surface area (Å²) in [6.45, 7) is 2.08. The molecule has 2 heterocycles. The lowest BCUT2D eigenvalue weighted by Gasteiger charge is -2.27. The molecule has 0 amide bonds. The number of fused-ring (bicyclic) bond motifs is 2. The van der Waals surface area contributed by atoms with Gasteiger partial charge in [-0.15, -0.1) is 0 Å². The molecule has 1 aliphatic rings. The Morgan fingerprint density at radius 1 is 1.12 bits per heavy atom. The fraction of sp³-hybridized carbons (Fsp3) is 0.238. The molecule has 0 saturated heterocycles. The number of nitrogens with zero attached hydrogens (tertiary/aromatic N) is 1. The first-order chi connectivity index (χ1) is 11.7. The van der Waals surface area contributed by atoms with Crippen LogP contribution in [0.3, 0.4) is 0 Å². The number of carbonyl (C=O) groups excluding carboxylic acids is 1. The number of Topliss-reactive ketones (excluding diaryl/α,β-unsaturated/α-hetero) is 1. The Morgan fingerprint density at radius 3 is 2.79 bits per heavy atom. The molecule has 24 heavy (non-hydrogen) atoms. The molecular formula is C21H19NO2. The summed E-state index contributed by atoms with van der Waals surface area (Å²) in [6.07, 6.45) is 3.68.